The molecule has 0 atom stereocenters. The normalized spacial score (nSPS) is 15.7. The Bertz CT molecular complexity index is 903. The number of carbonyl (C=O) groups is 3. The van der Waals surface area contributed by atoms with E-state index in [0.29, 0.717) is 23.3 Å². The van der Waals surface area contributed by atoms with Crippen molar-refractivity contribution in [2.45, 2.75) is 32.1 Å². The highest BCUT2D eigenvalue weighted by molar-refractivity contribution is 7.98. The second-order valence-electron chi connectivity index (χ2n) is 5.91. The molecule has 2 aromatic heterocycles. The maximum absolute atomic E-state index is 12.9. The van der Waals surface area contributed by atoms with Gasteiger partial charge in [-0.2, -0.15) is 0 Å². The van der Waals surface area contributed by atoms with Crippen LogP contribution in [0.25, 0.3) is 11.0 Å². The Kier molecular flexibility index (Phi) is 5.13. The lowest BCUT2D eigenvalue weighted by molar-refractivity contribution is -0.133. The van der Waals surface area contributed by atoms with Gasteiger partial charge < -0.3 is 0 Å². The molecule has 0 amide bonds. The standard InChI is InChI=1S/C18H18N2O4S/c1-2-25-10-20-17-11(5-4-8-19-17)9-12(18(20)24)16(23)15-13(21)6-3-7-14(15)22/h4-5,8-9,15H,2-3,6-7,10H2,1H3. The second kappa shape index (κ2) is 7.31. The first-order chi connectivity index (χ1) is 12.0. The lowest BCUT2D eigenvalue weighted by Crippen LogP contribution is -2.38. The van der Waals surface area contributed by atoms with Crippen molar-refractivity contribution >= 4 is 40.1 Å². The Morgan fingerprint density at radius 3 is 2.68 bits per heavy atom. The molecule has 7 heteroatoms. The minimum Gasteiger partial charge on any atom is -0.298 e. The molecule has 1 fully saturated rings. The van der Waals surface area contributed by atoms with E-state index >= 15 is 0 Å². The van der Waals surface area contributed by atoms with Gasteiger partial charge in [-0.15, -0.1) is 11.8 Å². The summed E-state index contributed by atoms with van der Waals surface area (Å²) in [4.78, 5) is 54.1. The fourth-order valence-electron chi connectivity index (χ4n) is 3.04. The number of ketones is 3. The van der Waals surface area contributed by atoms with Crippen LogP contribution in [0.3, 0.4) is 0 Å². The minimum absolute atomic E-state index is 0.106. The van der Waals surface area contributed by atoms with Crippen LogP contribution in [0.2, 0.25) is 0 Å². The SMILES string of the molecule is CCSCn1c(=O)c(C(=O)C2C(=O)CCCC2=O)cc2cccnc21. The molecule has 0 saturated heterocycles. The molecule has 0 aliphatic heterocycles. The number of aromatic nitrogens is 2. The zero-order valence-corrected chi connectivity index (χ0v) is 14.7. The number of rotatable bonds is 5. The average molecular weight is 358 g/mol. The third-order valence-corrected chi connectivity index (χ3v) is 5.14. The first kappa shape index (κ1) is 17.5. The quantitative estimate of drug-likeness (QED) is 0.602. The first-order valence-corrected chi connectivity index (χ1v) is 9.36. The van der Waals surface area contributed by atoms with Gasteiger partial charge in [0, 0.05) is 24.4 Å². The predicted molar refractivity (Wildman–Crippen MR) is 95.8 cm³/mol. The molecule has 1 saturated carbocycles. The minimum atomic E-state index is -1.33. The van der Waals surface area contributed by atoms with E-state index in [0.717, 1.165) is 5.75 Å². The lowest BCUT2D eigenvalue weighted by atomic mass is 9.82. The van der Waals surface area contributed by atoms with Crippen molar-refractivity contribution in [3.63, 3.8) is 0 Å². The summed E-state index contributed by atoms with van der Waals surface area (Å²) in [6.07, 6.45) is 2.47. The highest BCUT2D eigenvalue weighted by atomic mass is 32.2. The molecule has 6 nitrogen and oxygen atoms in total. The summed E-state index contributed by atoms with van der Waals surface area (Å²) < 4.78 is 1.44. The number of carbonyl (C=O) groups excluding carboxylic acids is 3. The van der Waals surface area contributed by atoms with Crippen molar-refractivity contribution < 1.29 is 14.4 Å². The number of nitrogens with zero attached hydrogens (tertiary/aromatic N) is 2. The van der Waals surface area contributed by atoms with Crippen LogP contribution in [0.4, 0.5) is 0 Å². The molecule has 0 N–H and O–H groups in total. The molecule has 1 aliphatic rings. The maximum Gasteiger partial charge on any atom is 0.263 e. The Morgan fingerprint density at radius 2 is 2.00 bits per heavy atom. The van der Waals surface area contributed by atoms with Crippen molar-refractivity contribution in [3.05, 3.63) is 40.3 Å². The van der Waals surface area contributed by atoms with Gasteiger partial charge in [-0.3, -0.25) is 23.7 Å². The van der Waals surface area contributed by atoms with E-state index in [9.17, 15) is 19.2 Å². The second-order valence-corrected chi connectivity index (χ2v) is 7.16. The predicted octanol–water partition coefficient (Wildman–Crippen LogP) is 2.23. The molecular formula is C18H18N2O4S. The number of Topliss-reactive ketones (excluding diaryl/α,β-unsaturated/α-hetero) is 3. The van der Waals surface area contributed by atoms with Crippen LogP contribution in [-0.4, -0.2) is 32.7 Å². The third kappa shape index (κ3) is 3.28. The van der Waals surface area contributed by atoms with E-state index in [1.54, 1.807) is 18.3 Å². The third-order valence-electron chi connectivity index (χ3n) is 4.29. The van der Waals surface area contributed by atoms with Gasteiger partial charge in [-0.1, -0.05) is 6.92 Å². The maximum atomic E-state index is 12.9. The van der Waals surface area contributed by atoms with E-state index in [-0.39, 0.29) is 30.0 Å². The van der Waals surface area contributed by atoms with E-state index < -0.39 is 17.3 Å². The molecule has 1 aliphatic carbocycles. The van der Waals surface area contributed by atoms with Gasteiger partial charge in [0.05, 0.1) is 11.4 Å². The number of fused-ring (bicyclic) bond motifs is 1. The van der Waals surface area contributed by atoms with Crippen molar-refractivity contribution in [2.24, 2.45) is 5.92 Å². The highest BCUT2D eigenvalue weighted by Gasteiger charge is 2.37. The van der Waals surface area contributed by atoms with Gasteiger partial charge >= 0.3 is 0 Å². The van der Waals surface area contributed by atoms with Crippen LogP contribution in [0, 0.1) is 5.92 Å². The van der Waals surface area contributed by atoms with Crippen LogP contribution in [-0.2, 0) is 15.5 Å². The molecule has 0 aromatic carbocycles. The number of hydrogen-bond donors (Lipinski definition) is 0. The molecule has 0 unspecified atom stereocenters. The van der Waals surface area contributed by atoms with Gasteiger partial charge in [0.25, 0.3) is 5.56 Å². The van der Waals surface area contributed by atoms with Crippen LogP contribution in [0.1, 0.15) is 36.5 Å². The van der Waals surface area contributed by atoms with Gasteiger partial charge in [-0.05, 0) is 30.4 Å². The molecule has 3 rings (SSSR count). The van der Waals surface area contributed by atoms with E-state index in [2.05, 4.69) is 4.98 Å². The molecule has 0 radical (unpaired) electrons. The number of thioether (sulfide) groups is 1. The Balaban J connectivity index is 2.14. The van der Waals surface area contributed by atoms with Crippen LogP contribution in [0.5, 0.6) is 0 Å². The van der Waals surface area contributed by atoms with Gasteiger partial charge in [0.1, 0.15) is 11.6 Å². The summed E-state index contributed by atoms with van der Waals surface area (Å²) in [5, 5.41) is 0.637. The summed E-state index contributed by atoms with van der Waals surface area (Å²) in [7, 11) is 0. The van der Waals surface area contributed by atoms with Crippen molar-refractivity contribution in [3.8, 4) is 0 Å². The molecule has 2 heterocycles. The van der Waals surface area contributed by atoms with Crippen LogP contribution in [0.15, 0.2) is 29.2 Å². The van der Waals surface area contributed by atoms with Crippen molar-refractivity contribution in [1.29, 1.82) is 0 Å². The van der Waals surface area contributed by atoms with Crippen LogP contribution >= 0.6 is 11.8 Å². The fraction of sp³-hybridized carbons (Fsp3) is 0.389. The Morgan fingerprint density at radius 1 is 1.28 bits per heavy atom. The van der Waals surface area contributed by atoms with E-state index in [1.807, 2.05) is 6.92 Å². The monoisotopic (exact) mass is 358 g/mol. The van der Waals surface area contributed by atoms with Gasteiger partial charge in [0.2, 0.25) is 0 Å². The van der Waals surface area contributed by atoms with E-state index in [1.165, 1.54) is 22.4 Å². The summed E-state index contributed by atoms with van der Waals surface area (Å²) in [5.41, 5.74) is -0.111. The largest absolute Gasteiger partial charge is 0.298 e. The summed E-state index contributed by atoms with van der Waals surface area (Å²) in [5.74, 6) is -1.62. The van der Waals surface area contributed by atoms with Crippen molar-refractivity contribution in [2.75, 3.05) is 5.75 Å². The Labute approximate surface area is 148 Å². The summed E-state index contributed by atoms with van der Waals surface area (Å²) in [6.45, 7) is 1.97. The number of hydrogen-bond acceptors (Lipinski definition) is 6. The van der Waals surface area contributed by atoms with Crippen LogP contribution < -0.4 is 5.56 Å². The highest BCUT2D eigenvalue weighted by Crippen LogP contribution is 2.22. The topological polar surface area (TPSA) is 86.1 Å². The molecule has 0 spiro atoms. The first-order valence-electron chi connectivity index (χ1n) is 8.20. The molecule has 0 bridgehead atoms. The average Bonchev–Trinajstić information content (AvgIpc) is 2.60. The lowest BCUT2D eigenvalue weighted by Gasteiger charge is -2.19. The zero-order valence-electron chi connectivity index (χ0n) is 13.9. The van der Waals surface area contributed by atoms with E-state index in [4.69, 9.17) is 0 Å². The number of pyridine rings is 2. The summed E-state index contributed by atoms with van der Waals surface area (Å²) in [6, 6.07) is 4.93. The Hall–Kier alpha value is -2.28. The zero-order chi connectivity index (χ0) is 18.0. The van der Waals surface area contributed by atoms with Gasteiger partial charge in [0.15, 0.2) is 17.3 Å². The fourth-order valence-corrected chi connectivity index (χ4v) is 3.64. The molecule has 25 heavy (non-hydrogen) atoms. The van der Waals surface area contributed by atoms with Crippen molar-refractivity contribution in [1.82, 2.24) is 9.55 Å². The van der Waals surface area contributed by atoms with Gasteiger partial charge in [-0.25, -0.2) is 4.98 Å². The summed E-state index contributed by atoms with van der Waals surface area (Å²) >= 11 is 1.53. The molecular weight excluding hydrogens is 340 g/mol. The smallest absolute Gasteiger partial charge is 0.263 e. The molecule has 2 aromatic rings. The molecule has 130 valence electrons.